The van der Waals surface area contributed by atoms with Crippen LogP contribution in [0, 0.1) is 0 Å². The van der Waals surface area contributed by atoms with Gasteiger partial charge in [-0.05, 0) is 49.2 Å². The number of aliphatic imine (C=N–C) groups is 1. The molecule has 0 spiro atoms. The summed E-state index contributed by atoms with van der Waals surface area (Å²) in [5.41, 5.74) is 1.07. The van der Waals surface area contributed by atoms with Crippen LogP contribution in [0.1, 0.15) is 30.7 Å². The summed E-state index contributed by atoms with van der Waals surface area (Å²) in [4.78, 5) is 4.61. The Balaban J connectivity index is 1.53. The molecule has 0 saturated heterocycles. The average Bonchev–Trinajstić information content (AvgIpc) is 3.32. The number of rotatable bonds is 9. The van der Waals surface area contributed by atoms with E-state index in [1.165, 1.54) is 0 Å². The first-order valence-electron chi connectivity index (χ1n) is 10.1. The van der Waals surface area contributed by atoms with Gasteiger partial charge in [0.1, 0.15) is 23.7 Å². The number of furan rings is 1. The molecule has 1 aromatic heterocycles. The van der Waals surface area contributed by atoms with Crippen LogP contribution >= 0.6 is 0 Å². The Morgan fingerprint density at radius 3 is 2.40 bits per heavy atom. The van der Waals surface area contributed by atoms with Crippen molar-refractivity contribution in [1.82, 2.24) is 10.6 Å². The lowest BCUT2D eigenvalue weighted by Crippen LogP contribution is -2.44. The van der Waals surface area contributed by atoms with Gasteiger partial charge < -0.3 is 24.9 Å². The van der Waals surface area contributed by atoms with Gasteiger partial charge in [-0.15, -0.1) is 0 Å². The first-order chi connectivity index (χ1) is 14.6. The highest BCUT2D eigenvalue weighted by Crippen LogP contribution is 2.19. The SMILES string of the molecule is CCNC(=NCc1ccc(COc2ccccc2)cc1)NCC(C)(O)c1ccco1. The van der Waals surface area contributed by atoms with Crippen LogP contribution in [-0.2, 0) is 18.8 Å². The number of nitrogens with zero attached hydrogens (tertiary/aromatic N) is 1. The number of hydrogen-bond acceptors (Lipinski definition) is 4. The van der Waals surface area contributed by atoms with Gasteiger partial charge in [-0.1, -0.05) is 42.5 Å². The third kappa shape index (κ3) is 6.39. The largest absolute Gasteiger partial charge is 0.489 e. The summed E-state index contributed by atoms with van der Waals surface area (Å²) < 4.78 is 11.1. The van der Waals surface area contributed by atoms with Crippen LogP contribution in [0.15, 0.2) is 82.4 Å². The number of para-hydroxylation sites is 1. The van der Waals surface area contributed by atoms with Crippen LogP contribution in [0.3, 0.4) is 0 Å². The summed E-state index contributed by atoms with van der Waals surface area (Å²) in [6, 6.07) is 21.5. The minimum Gasteiger partial charge on any atom is -0.489 e. The standard InChI is InChI=1S/C24H29N3O3/c1-3-25-23(27-18-24(2,28)22-10-7-15-29-22)26-16-19-11-13-20(14-12-19)17-30-21-8-5-4-6-9-21/h4-15,28H,3,16-18H2,1-2H3,(H2,25,26,27). The zero-order valence-electron chi connectivity index (χ0n) is 17.5. The molecule has 3 rings (SSSR count). The first kappa shape index (κ1) is 21.5. The lowest BCUT2D eigenvalue weighted by atomic mass is 10.0. The van der Waals surface area contributed by atoms with E-state index in [-0.39, 0.29) is 6.54 Å². The highest BCUT2D eigenvalue weighted by molar-refractivity contribution is 5.79. The molecule has 3 N–H and O–H groups in total. The molecular formula is C24H29N3O3. The highest BCUT2D eigenvalue weighted by Gasteiger charge is 2.26. The number of hydrogen-bond donors (Lipinski definition) is 3. The molecule has 1 unspecified atom stereocenters. The van der Waals surface area contributed by atoms with Crippen molar-refractivity contribution in [1.29, 1.82) is 0 Å². The van der Waals surface area contributed by atoms with Crippen molar-refractivity contribution in [3.8, 4) is 5.75 Å². The van der Waals surface area contributed by atoms with E-state index in [9.17, 15) is 5.11 Å². The molecule has 2 aromatic carbocycles. The summed E-state index contributed by atoms with van der Waals surface area (Å²) in [5, 5.41) is 17.0. The minimum atomic E-state index is -1.12. The molecule has 30 heavy (non-hydrogen) atoms. The van der Waals surface area contributed by atoms with Gasteiger partial charge in [-0.25, -0.2) is 4.99 Å². The van der Waals surface area contributed by atoms with Crippen molar-refractivity contribution >= 4 is 5.96 Å². The van der Waals surface area contributed by atoms with Gasteiger partial charge in [0.15, 0.2) is 5.96 Å². The molecule has 158 valence electrons. The Morgan fingerprint density at radius 2 is 1.73 bits per heavy atom. The van der Waals surface area contributed by atoms with Gasteiger partial charge in [0.25, 0.3) is 0 Å². The fraction of sp³-hybridized carbons (Fsp3) is 0.292. The van der Waals surface area contributed by atoms with Gasteiger partial charge in [-0.3, -0.25) is 0 Å². The predicted octanol–water partition coefficient (Wildman–Crippen LogP) is 3.82. The van der Waals surface area contributed by atoms with E-state index in [1.54, 1.807) is 25.3 Å². The number of guanidine groups is 1. The Hall–Kier alpha value is -3.25. The Bertz CT molecular complexity index is 905. The third-order valence-corrected chi connectivity index (χ3v) is 4.59. The number of benzene rings is 2. The molecule has 0 amide bonds. The van der Waals surface area contributed by atoms with Crippen molar-refractivity contribution < 1.29 is 14.3 Å². The third-order valence-electron chi connectivity index (χ3n) is 4.59. The minimum absolute atomic E-state index is 0.280. The van der Waals surface area contributed by atoms with Crippen LogP contribution in [0.4, 0.5) is 0 Å². The lowest BCUT2D eigenvalue weighted by molar-refractivity contribution is 0.0386. The van der Waals surface area contributed by atoms with Gasteiger partial charge in [0, 0.05) is 6.54 Å². The van der Waals surface area contributed by atoms with Gasteiger partial charge >= 0.3 is 0 Å². The first-order valence-corrected chi connectivity index (χ1v) is 10.1. The molecule has 1 atom stereocenters. The summed E-state index contributed by atoms with van der Waals surface area (Å²) in [5.74, 6) is 2.01. The molecule has 0 bridgehead atoms. The van der Waals surface area contributed by atoms with Gasteiger partial charge in [0.2, 0.25) is 0 Å². The van der Waals surface area contributed by atoms with Crippen LogP contribution in [0.25, 0.3) is 0 Å². The predicted molar refractivity (Wildman–Crippen MR) is 118 cm³/mol. The zero-order chi connectivity index (χ0) is 21.2. The quantitative estimate of drug-likeness (QED) is 0.371. The van der Waals surface area contributed by atoms with Crippen LogP contribution in [0.2, 0.25) is 0 Å². The fourth-order valence-corrected chi connectivity index (χ4v) is 2.86. The maximum Gasteiger partial charge on any atom is 0.191 e. The molecule has 0 saturated carbocycles. The number of ether oxygens (including phenoxy) is 1. The summed E-state index contributed by atoms with van der Waals surface area (Å²) in [6.07, 6.45) is 1.55. The lowest BCUT2D eigenvalue weighted by Gasteiger charge is -2.22. The van der Waals surface area contributed by atoms with Crippen molar-refractivity contribution in [2.45, 2.75) is 32.6 Å². The van der Waals surface area contributed by atoms with E-state index in [1.807, 2.05) is 37.3 Å². The molecule has 1 heterocycles. The Kier molecular flexibility index (Phi) is 7.51. The molecule has 0 fully saturated rings. The van der Waals surface area contributed by atoms with Crippen LogP contribution in [0.5, 0.6) is 5.75 Å². The van der Waals surface area contributed by atoms with Crippen molar-refractivity contribution in [2.75, 3.05) is 13.1 Å². The number of aliphatic hydroxyl groups is 1. The summed E-state index contributed by atoms with van der Waals surface area (Å²) in [6.45, 7) is 5.77. The maximum atomic E-state index is 10.6. The second-order valence-corrected chi connectivity index (χ2v) is 7.22. The van der Waals surface area contributed by atoms with Gasteiger partial charge in [-0.2, -0.15) is 0 Å². The Morgan fingerprint density at radius 1 is 1.00 bits per heavy atom. The van der Waals surface area contributed by atoms with Crippen LogP contribution in [-0.4, -0.2) is 24.2 Å². The average molecular weight is 408 g/mol. The normalized spacial score (nSPS) is 13.5. The van der Waals surface area contributed by atoms with E-state index in [4.69, 9.17) is 9.15 Å². The molecule has 3 aromatic rings. The van der Waals surface area contributed by atoms with Gasteiger partial charge in [0.05, 0.1) is 19.4 Å². The molecule has 0 radical (unpaired) electrons. The Labute approximate surface area is 177 Å². The van der Waals surface area contributed by atoms with Crippen molar-refractivity contribution in [3.05, 3.63) is 89.9 Å². The van der Waals surface area contributed by atoms with Crippen molar-refractivity contribution in [2.24, 2.45) is 4.99 Å². The van der Waals surface area contributed by atoms with E-state index >= 15 is 0 Å². The van der Waals surface area contributed by atoms with E-state index in [2.05, 4.69) is 39.9 Å². The fourth-order valence-electron chi connectivity index (χ4n) is 2.86. The van der Waals surface area contributed by atoms with E-state index in [0.717, 1.165) is 23.4 Å². The molecule has 6 heteroatoms. The molecule has 0 aliphatic rings. The monoisotopic (exact) mass is 407 g/mol. The number of nitrogens with one attached hydrogen (secondary N) is 2. The molecule has 0 aliphatic heterocycles. The summed E-state index contributed by atoms with van der Waals surface area (Å²) >= 11 is 0. The second-order valence-electron chi connectivity index (χ2n) is 7.22. The molecule has 0 aliphatic carbocycles. The topological polar surface area (TPSA) is 79.0 Å². The zero-order valence-corrected chi connectivity index (χ0v) is 17.5. The van der Waals surface area contributed by atoms with Crippen molar-refractivity contribution in [3.63, 3.8) is 0 Å². The second kappa shape index (κ2) is 10.5. The maximum absolute atomic E-state index is 10.6. The summed E-state index contributed by atoms with van der Waals surface area (Å²) in [7, 11) is 0. The molecular weight excluding hydrogens is 378 g/mol. The molecule has 6 nitrogen and oxygen atoms in total. The van der Waals surface area contributed by atoms with Crippen LogP contribution < -0.4 is 15.4 Å². The smallest absolute Gasteiger partial charge is 0.191 e. The van der Waals surface area contributed by atoms with E-state index < -0.39 is 5.60 Å². The highest BCUT2D eigenvalue weighted by atomic mass is 16.5. The van der Waals surface area contributed by atoms with E-state index in [0.29, 0.717) is 24.9 Å².